The van der Waals surface area contributed by atoms with E-state index >= 15 is 0 Å². The Balaban J connectivity index is 1.68. The molecule has 0 spiro atoms. The number of nitrogens with one attached hydrogen (secondary N) is 1. The number of halogens is 1. The first-order chi connectivity index (χ1) is 13.6. The van der Waals surface area contributed by atoms with E-state index in [9.17, 15) is 4.79 Å². The van der Waals surface area contributed by atoms with Gasteiger partial charge in [-0.15, -0.1) is 0 Å². The van der Waals surface area contributed by atoms with Crippen molar-refractivity contribution in [3.05, 3.63) is 76.4 Å². The van der Waals surface area contributed by atoms with Crippen molar-refractivity contribution in [1.29, 1.82) is 0 Å². The first-order valence-electron chi connectivity index (χ1n) is 8.57. The molecule has 0 saturated carbocycles. The van der Waals surface area contributed by atoms with Crippen LogP contribution in [-0.2, 0) is 11.3 Å². The molecule has 1 N–H and O–H groups in total. The number of amides is 1. The number of aromatic nitrogens is 2. The summed E-state index contributed by atoms with van der Waals surface area (Å²) in [6, 6.07) is 15.1. The second-order valence-electron chi connectivity index (χ2n) is 5.90. The lowest BCUT2D eigenvalue weighted by Gasteiger charge is -2.09. The second kappa shape index (κ2) is 9.23. The average molecular weight is 442 g/mol. The van der Waals surface area contributed by atoms with Crippen molar-refractivity contribution >= 4 is 33.7 Å². The van der Waals surface area contributed by atoms with Gasteiger partial charge in [0.25, 0.3) is 0 Å². The van der Waals surface area contributed by atoms with Gasteiger partial charge in [-0.1, -0.05) is 40.2 Å². The molecule has 0 aliphatic rings. The van der Waals surface area contributed by atoms with Crippen molar-refractivity contribution in [2.45, 2.75) is 6.54 Å². The minimum Gasteiger partial charge on any atom is -0.493 e. The topological polar surface area (TPSA) is 65.4 Å². The quantitative estimate of drug-likeness (QED) is 0.553. The van der Waals surface area contributed by atoms with E-state index in [4.69, 9.17) is 9.47 Å². The van der Waals surface area contributed by atoms with Crippen molar-refractivity contribution in [2.75, 3.05) is 19.5 Å². The number of rotatable bonds is 7. The Morgan fingerprint density at radius 1 is 1.14 bits per heavy atom. The molecule has 6 nitrogen and oxygen atoms in total. The van der Waals surface area contributed by atoms with E-state index in [2.05, 4.69) is 26.3 Å². The maximum Gasteiger partial charge on any atom is 0.249 e. The zero-order valence-electron chi connectivity index (χ0n) is 15.6. The zero-order chi connectivity index (χ0) is 19.9. The largest absolute Gasteiger partial charge is 0.493 e. The molecule has 0 saturated heterocycles. The fourth-order valence-corrected chi connectivity index (χ4v) is 3.06. The third-order valence-corrected chi connectivity index (χ3v) is 4.85. The van der Waals surface area contributed by atoms with Crippen molar-refractivity contribution < 1.29 is 14.3 Å². The number of carbonyl (C=O) groups excluding carboxylic acids is 1. The monoisotopic (exact) mass is 441 g/mol. The molecular weight excluding hydrogens is 422 g/mol. The van der Waals surface area contributed by atoms with Gasteiger partial charge >= 0.3 is 0 Å². The summed E-state index contributed by atoms with van der Waals surface area (Å²) in [5.41, 5.74) is 1.90. The summed E-state index contributed by atoms with van der Waals surface area (Å²) in [6.07, 6.45) is 4.84. The van der Waals surface area contributed by atoms with Gasteiger partial charge in [-0.05, 0) is 35.4 Å². The summed E-state index contributed by atoms with van der Waals surface area (Å²) in [5, 5.41) is 7.15. The molecule has 0 unspecified atom stereocenters. The Kier molecular flexibility index (Phi) is 6.49. The highest BCUT2D eigenvalue weighted by Crippen LogP contribution is 2.28. The van der Waals surface area contributed by atoms with Gasteiger partial charge < -0.3 is 14.8 Å². The Hall–Kier alpha value is -3.06. The lowest BCUT2D eigenvalue weighted by molar-refractivity contribution is -0.111. The van der Waals surface area contributed by atoms with Gasteiger partial charge in [0.2, 0.25) is 5.91 Å². The maximum atomic E-state index is 12.3. The van der Waals surface area contributed by atoms with Crippen LogP contribution in [0.15, 0.2) is 65.3 Å². The van der Waals surface area contributed by atoms with Crippen LogP contribution in [-0.4, -0.2) is 29.9 Å². The van der Waals surface area contributed by atoms with Crippen molar-refractivity contribution in [3.63, 3.8) is 0 Å². The summed E-state index contributed by atoms with van der Waals surface area (Å²) in [6.45, 7) is 0.545. The minimum absolute atomic E-state index is 0.247. The molecule has 3 aromatic rings. The number of benzene rings is 2. The Bertz CT molecular complexity index is 998. The van der Waals surface area contributed by atoms with Crippen molar-refractivity contribution in [1.82, 2.24) is 9.78 Å². The van der Waals surface area contributed by atoms with Crippen LogP contribution in [0.2, 0.25) is 0 Å². The molecule has 7 heteroatoms. The van der Waals surface area contributed by atoms with E-state index < -0.39 is 0 Å². The van der Waals surface area contributed by atoms with Crippen LogP contribution in [0.5, 0.6) is 11.5 Å². The van der Waals surface area contributed by atoms with E-state index in [-0.39, 0.29) is 5.91 Å². The second-order valence-corrected chi connectivity index (χ2v) is 6.76. The van der Waals surface area contributed by atoms with Crippen LogP contribution in [0.4, 0.5) is 5.82 Å². The molecule has 0 atom stereocenters. The van der Waals surface area contributed by atoms with Crippen LogP contribution in [0.25, 0.3) is 6.08 Å². The summed E-state index contributed by atoms with van der Waals surface area (Å²) >= 11 is 3.53. The Morgan fingerprint density at radius 3 is 2.68 bits per heavy atom. The summed E-state index contributed by atoms with van der Waals surface area (Å²) in [4.78, 5) is 12.3. The first-order valence-corrected chi connectivity index (χ1v) is 9.36. The predicted molar refractivity (Wildman–Crippen MR) is 113 cm³/mol. The number of anilines is 1. The molecular formula is C21H20BrN3O3. The van der Waals surface area contributed by atoms with Crippen molar-refractivity contribution in [3.8, 4) is 11.5 Å². The molecule has 1 amide bonds. The number of nitrogens with zero attached hydrogens (tertiary/aromatic N) is 2. The molecule has 0 radical (unpaired) electrons. The lowest BCUT2D eigenvalue weighted by atomic mass is 10.2. The molecule has 0 bridgehead atoms. The number of ether oxygens (including phenoxy) is 2. The Labute approximate surface area is 171 Å². The number of hydrogen-bond donors (Lipinski definition) is 1. The number of hydrogen-bond acceptors (Lipinski definition) is 4. The van der Waals surface area contributed by atoms with E-state index in [1.807, 2.05) is 30.3 Å². The highest BCUT2D eigenvalue weighted by molar-refractivity contribution is 9.10. The van der Waals surface area contributed by atoms with Gasteiger partial charge in [0.05, 0.1) is 27.0 Å². The summed E-state index contributed by atoms with van der Waals surface area (Å²) < 4.78 is 13.2. The van der Waals surface area contributed by atoms with Gasteiger partial charge in [0, 0.05) is 16.6 Å². The molecule has 0 aliphatic carbocycles. The van der Waals surface area contributed by atoms with Crippen LogP contribution < -0.4 is 14.8 Å². The van der Waals surface area contributed by atoms with E-state index in [1.165, 1.54) is 6.08 Å². The van der Waals surface area contributed by atoms with Gasteiger partial charge in [-0.3, -0.25) is 4.79 Å². The van der Waals surface area contributed by atoms with Crippen LogP contribution in [0, 0.1) is 0 Å². The maximum absolute atomic E-state index is 12.3. The number of carbonyl (C=O) groups is 1. The Morgan fingerprint density at radius 2 is 1.93 bits per heavy atom. The lowest BCUT2D eigenvalue weighted by Crippen LogP contribution is -2.14. The molecule has 0 aliphatic heterocycles. The molecule has 3 rings (SSSR count). The molecule has 1 heterocycles. The molecule has 28 heavy (non-hydrogen) atoms. The predicted octanol–water partition coefficient (Wildman–Crippen LogP) is 4.36. The molecule has 1 aromatic heterocycles. The highest BCUT2D eigenvalue weighted by atomic mass is 79.9. The van der Waals surface area contributed by atoms with Gasteiger partial charge in [-0.25, -0.2) is 4.68 Å². The molecule has 144 valence electrons. The van der Waals surface area contributed by atoms with E-state index in [1.54, 1.807) is 49.4 Å². The van der Waals surface area contributed by atoms with Crippen molar-refractivity contribution in [2.24, 2.45) is 0 Å². The van der Waals surface area contributed by atoms with E-state index in [0.717, 1.165) is 15.6 Å². The van der Waals surface area contributed by atoms with Crippen LogP contribution in [0.3, 0.4) is 0 Å². The fourth-order valence-electron chi connectivity index (χ4n) is 2.65. The number of methoxy groups -OCH3 is 2. The standard InChI is InChI=1S/C21H20BrN3O3/c1-27-18-9-7-15(13-19(18)28-2)8-10-21(26)24-20-11-12-23-25(20)14-16-5-3-4-6-17(16)22/h3-13H,14H2,1-2H3,(H,24,26). The smallest absolute Gasteiger partial charge is 0.249 e. The van der Waals surface area contributed by atoms with E-state index in [0.29, 0.717) is 23.9 Å². The zero-order valence-corrected chi connectivity index (χ0v) is 17.1. The van der Waals surface area contributed by atoms with Gasteiger partial charge in [0.1, 0.15) is 5.82 Å². The van der Waals surface area contributed by atoms with Gasteiger partial charge in [-0.2, -0.15) is 5.10 Å². The third kappa shape index (κ3) is 4.80. The molecule has 2 aromatic carbocycles. The summed E-state index contributed by atoms with van der Waals surface area (Å²) in [7, 11) is 3.16. The average Bonchev–Trinajstić information content (AvgIpc) is 3.14. The first kappa shape index (κ1) is 19.7. The molecule has 0 fully saturated rings. The van der Waals surface area contributed by atoms with Crippen LogP contribution >= 0.6 is 15.9 Å². The SMILES string of the molecule is COc1ccc(C=CC(=O)Nc2ccnn2Cc2ccccc2Br)cc1OC. The fraction of sp³-hybridized carbons (Fsp3) is 0.143. The van der Waals surface area contributed by atoms with Crippen LogP contribution in [0.1, 0.15) is 11.1 Å². The summed E-state index contributed by atoms with van der Waals surface area (Å²) in [5.74, 6) is 1.62. The normalized spacial score (nSPS) is 10.8. The highest BCUT2D eigenvalue weighted by Gasteiger charge is 2.08. The van der Waals surface area contributed by atoms with Gasteiger partial charge in [0.15, 0.2) is 11.5 Å². The third-order valence-electron chi connectivity index (χ3n) is 4.08. The minimum atomic E-state index is -0.247.